The summed E-state index contributed by atoms with van der Waals surface area (Å²) < 4.78 is 5.37. The fraction of sp³-hybridized carbons (Fsp3) is 0.261. The molecule has 2 aromatic carbocycles. The number of carbonyl (C=O) groups is 3. The Balaban J connectivity index is 1.63. The monoisotopic (exact) mass is 405 g/mol. The van der Waals surface area contributed by atoms with Gasteiger partial charge in [-0.3, -0.25) is 14.9 Å². The molecule has 154 valence electrons. The van der Waals surface area contributed by atoms with E-state index in [1.165, 1.54) is 6.08 Å². The van der Waals surface area contributed by atoms with Gasteiger partial charge in [0.05, 0.1) is 18.9 Å². The number of rotatable bonds is 3. The van der Waals surface area contributed by atoms with Gasteiger partial charge in [0.2, 0.25) is 0 Å². The highest BCUT2D eigenvalue weighted by atomic mass is 16.5. The maximum absolute atomic E-state index is 13.1. The first-order chi connectivity index (χ1) is 14.5. The maximum Gasteiger partial charge on any atom is 0.335 e. The molecule has 30 heavy (non-hydrogen) atoms. The van der Waals surface area contributed by atoms with E-state index >= 15 is 0 Å². The average Bonchev–Trinajstić information content (AvgIpc) is 2.75. The van der Waals surface area contributed by atoms with Crippen molar-refractivity contribution in [2.75, 3.05) is 36.1 Å². The highest BCUT2D eigenvalue weighted by Crippen LogP contribution is 2.27. The zero-order valence-electron chi connectivity index (χ0n) is 17.0. The zero-order valence-corrected chi connectivity index (χ0v) is 17.0. The lowest BCUT2D eigenvalue weighted by Gasteiger charge is -2.29. The molecule has 0 spiro atoms. The Kier molecular flexibility index (Phi) is 5.37. The van der Waals surface area contributed by atoms with Gasteiger partial charge in [0.25, 0.3) is 11.8 Å². The highest BCUT2D eigenvalue weighted by molar-refractivity contribution is 6.39. The van der Waals surface area contributed by atoms with Crippen LogP contribution in [0.5, 0.6) is 0 Å². The number of aryl methyl sites for hydroxylation is 1. The molecule has 0 aromatic heterocycles. The number of urea groups is 1. The van der Waals surface area contributed by atoms with Crippen LogP contribution in [0.2, 0.25) is 0 Å². The molecular formula is C23H23N3O4. The van der Waals surface area contributed by atoms with Crippen LogP contribution in [0.1, 0.15) is 16.7 Å². The van der Waals surface area contributed by atoms with Crippen molar-refractivity contribution in [3.63, 3.8) is 0 Å². The molecule has 0 aliphatic carbocycles. The zero-order chi connectivity index (χ0) is 21.3. The van der Waals surface area contributed by atoms with Crippen molar-refractivity contribution in [3.8, 4) is 0 Å². The Labute approximate surface area is 174 Å². The summed E-state index contributed by atoms with van der Waals surface area (Å²) in [6.45, 7) is 6.80. The molecule has 2 saturated heterocycles. The number of hydrogen-bond acceptors (Lipinski definition) is 5. The van der Waals surface area contributed by atoms with Crippen LogP contribution in [0.4, 0.5) is 16.2 Å². The van der Waals surface area contributed by atoms with Gasteiger partial charge in [-0.2, -0.15) is 0 Å². The quantitative estimate of drug-likeness (QED) is 0.628. The van der Waals surface area contributed by atoms with Gasteiger partial charge in [-0.05, 0) is 54.8 Å². The summed E-state index contributed by atoms with van der Waals surface area (Å²) in [6.07, 6.45) is 1.52. The van der Waals surface area contributed by atoms with Crippen LogP contribution in [0, 0.1) is 13.8 Å². The van der Waals surface area contributed by atoms with Crippen molar-refractivity contribution in [3.05, 3.63) is 64.7 Å². The highest BCUT2D eigenvalue weighted by Gasteiger charge is 2.37. The fourth-order valence-corrected chi connectivity index (χ4v) is 3.62. The van der Waals surface area contributed by atoms with Crippen LogP contribution < -0.4 is 15.1 Å². The van der Waals surface area contributed by atoms with Crippen molar-refractivity contribution in [2.24, 2.45) is 0 Å². The topological polar surface area (TPSA) is 79.0 Å². The predicted molar refractivity (Wildman–Crippen MR) is 114 cm³/mol. The Morgan fingerprint density at radius 2 is 1.67 bits per heavy atom. The van der Waals surface area contributed by atoms with Gasteiger partial charge < -0.3 is 9.64 Å². The van der Waals surface area contributed by atoms with Gasteiger partial charge in [0.15, 0.2) is 0 Å². The molecule has 4 rings (SSSR count). The Morgan fingerprint density at radius 3 is 2.37 bits per heavy atom. The van der Waals surface area contributed by atoms with E-state index in [1.54, 1.807) is 12.1 Å². The van der Waals surface area contributed by atoms with Crippen LogP contribution in [0.15, 0.2) is 48.0 Å². The fourth-order valence-electron chi connectivity index (χ4n) is 3.62. The Bertz CT molecular complexity index is 1040. The molecule has 0 saturated carbocycles. The molecule has 0 bridgehead atoms. The summed E-state index contributed by atoms with van der Waals surface area (Å²) in [5.74, 6) is -1.32. The second kappa shape index (κ2) is 8.12. The van der Waals surface area contributed by atoms with Gasteiger partial charge >= 0.3 is 6.03 Å². The molecule has 2 fully saturated rings. The number of amides is 4. The van der Waals surface area contributed by atoms with Gasteiger partial charge in [-0.1, -0.05) is 24.3 Å². The number of nitrogens with one attached hydrogen (secondary N) is 1. The number of nitrogens with zero attached hydrogens (tertiary/aromatic N) is 2. The van der Waals surface area contributed by atoms with E-state index in [4.69, 9.17) is 4.74 Å². The number of ether oxygens (including phenoxy) is 1. The first-order valence-electron chi connectivity index (χ1n) is 9.86. The summed E-state index contributed by atoms with van der Waals surface area (Å²) >= 11 is 0. The lowest BCUT2D eigenvalue weighted by Crippen LogP contribution is -2.54. The van der Waals surface area contributed by atoms with Gasteiger partial charge in [0.1, 0.15) is 5.57 Å². The van der Waals surface area contributed by atoms with Crippen LogP contribution in [0.3, 0.4) is 0 Å². The van der Waals surface area contributed by atoms with Crippen molar-refractivity contribution in [2.45, 2.75) is 13.8 Å². The minimum atomic E-state index is -0.737. The molecule has 7 nitrogen and oxygen atoms in total. The van der Waals surface area contributed by atoms with Crippen molar-refractivity contribution >= 4 is 35.3 Å². The predicted octanol–water partition coefficient (Wildman–Crippen LogP) is 2.81. The average molecular weight is 405 g/mol. The molecule has 0 atom stereocenters. The second-order valence-electron chi connectivity index (χ2n) is 7.37. The van der Waals surface area contributed by atoms with Crippen LogP contribution in [-0.4, -0.2) is 44.1 Å². The molecule has 7 heteroatoms. The lowest BCUT2D eigenvalue weighted by molar-refractivity contribution is -0.122. The van der Waals surface area contributed by atoms with Gasteiger partial charge in [-0.25, -0.2) is 9.69 Å². The first kappa shape index (κ1) is 19.8. The van der Waals surface area contributed by atoms with Crippen molar-refractivity contribution in [1.29, 1.82) is 0 Å². The maximum atomic E-state index is 13.1. The summed E-state index contributed by atoms with van der Waals surface area (Å²) in [7, 11) is 0. The number of hydrogen-bond donors (Lipinski definition) is 1. The minimum Gasteiger partial charge on any atom is -0.378 e. The van der Waals surface area contributed by atoms with Crippen LogP contribution >= 0.6 is 0 Å². The SMILES string of the molecule is Cc1cccc(N2C(=O)NC(=O)/C(=C\c3ccc(N4CCOCC4)cc3)C2=O)c1C. The van der Waals surface area contributed by atoms with E-state index in [0.717, 1.165) is 34.8 Å². The van der Waals surface area contributed by atoms with E-state index in [0.29, 0.717) is 24.5 Å². The number of morpholine rings is 1. The van der Waals surface area contributed by atoms with E-state index in [1.807, 2.05) is 44.2 Å². The molecule has 1 N–H and O–H groups in total. The molecule has 2 heterocycles. The van der Waals surface area contributed by atoms with E-state index < -0.39 is 17.8 Å². The normalized spacial score (nSPS) is 18.7. The molecule has 0 radical (unpaired) electrons. The number of imide groups is 2. The number of carbonyl (C=O) groups excluding carboxylic acids is 3. The van der Waals surface area contributed by atoms with Crippen LogP contribution in [0.25, 0.3) is 6.08 Å². The Hall–Kier alpha value is -3.45. The number of benzene rings is 2. The smallest absolute Gasteiger partial charge is 0.335 e. The lowest BCUT2D eigenvalue weighted by atomic mass is 10.0. The number of barbiturate groups is 1. The largest absolute Gasteiger partial charge is 0.378 e. The van der Waals surface area contributed by atoms with E-state index in [9.17, 15) is 14.4 Å². The second-order valence-corrected chi connectivity index (χ2v) is 7.37. The standard InChI is InChI=1S/C23H23N3O4/c1-15-4-3-5-20(16(15)2)26-22(28)19(21(27)24-23(26)29)14-17-6-8-18(9-7-17)25-10-12-30-13-11-25/h3-9,14H,10-13H2,1-2H3,(H,24,27,29)/b19-14+. The molecule has 0 unspecified atom stereocenters. The third-order valence-corrected chi connectivity index (χ3v) is 5.50. The third kappa shape index (κ3) is 3.71. The van der Waals surface area contributed by atoms with Crippen LogP contribution in [-0.2, 0) is 14.3 Å². The van der Waals surface area contributed by atoms with Gasteiger partial charge in [-0.15, -0.1) is 0 Å². The van der Waals surface area contributed by atoms with E-state index in [2.05, 4.69) is 10.2 Å². The third-order valence-electron chi connectivity index (χ3n) is 5.50. The molecule has 4 amide bonds. The molecular weight excluding hydrogens is 382 g/mol. The summed E-state index contributed by atoms with van der Waals surface area (Å²) in [6, 6.07) is 12.3. The van der Waals surface area contributed by atoms with E-state index in [-0.39, 0.29) is 5.57 Å². The Morgan fingerprint density at radius 1 is 0.967 bits per heavy atom. The molecule has 2 aliphatic rings. The first-order valence-corrected chi connectivity index (χ1v) is 9.86. The molecule has 2 aliphatic heterocycles. The summed E-state index contributed by atoms with van der Waals surface area (Å²) in [4.78, 5) is 41.1. The van der Waals surface area contributed by atoms with Crippen molar-refractivity contribution < 1.29 is 19.1 Å². The number of anilines is 2. The van der Waals surface area contributed by atoms with Gasteiger partial charge in [0, 0.05) is 18.8 Å². The van der Waals surface area contributed by atoms with Crippen molar-refractivity contribution in [1.82, 2.24) is 5.32 Å². The summed E-state index contributed by atoms with van der Waals surface area (Å²) in [5, 5.41) is 2.28. The molecule has 2 aromatic rings. The summed E-state index contributed by atoms with van der Waals surface area (Å²) in [5.41, 5.74) is 3.93. The minimum absolute atomic E-state index is 0.0744.